The SMILES string of the molecule is CCC/C(CC)=C1\SC(=S)N(CC(=O)O)C1=O. The van der Waals surface area contributed by atoms with Gasteiger partial charge in [0.2, 0.25) is 0 Å². The maximum Gasteiger partial charge on any atom is 0.323 e. The third-order valence-corrected chi connectivity index (χ3v) is 3.98. The topological polar surface area (TPSA) is 57.6 Å². The van der Waals surface area contributed by atoms with Crippen molar-refractivity contribution >= 4 is 40.2 Å². The van der Waals surface area contributed by atoms with Gasteiger partial charge in [0.15, 0.2) is 0 Å². The highest BCUT2D eigenvalue weighted by Crippen LogP contribution is 2.35. The smallest absolute Gasteiger partial charge is 0.323 e. The molecule has 1 amide bonds. The quantitative estimate of drug-likeness (QED) is 0.615. The molecule has 0 atom stereocenters. The summed E-state index contributed by atoms with van der Waals surface area (Å²) >= 11 is 6.26. The van der Waals surface area contributed by atoms with Crippen molar-refractivity contribution in [2.45, 2.75) is 33.1 Å². The van der Waals surface area contributed by atoms with E-state index in [-0.39, 0.29) is 12.5 Å². The van der Waals surface area contributed by atoms with Gasteiger partial charge in [0, 0.05) is 0 Å². The van der Waals surface area contributed by atoms with Gasteiger partial charge >= 0.3 is 5.97 Å². The van der Waals surface area contributed by atoms with Gasteiger partial charge in [-0.2, -0.15) is 0 Å². The lowest BCUT2D eigenvalue weighted by Gasteiger charge is -2.11. The second-order valence-corrected chi connectivity index (χ2v) is 5.33. The maximum absolute atomic E-state index is 12.0. The van der Waals surface area contributed by atoms with E-state index in [4.69, 9.17) is 17.3 Å². The summed E-state index contributed by atoms with van der Waals surface area (Å²) in [5.41, 5.74) is 1.07. The minimum absolute atomic E-state index is 0.257. The Balaban J connectivity index is 2.96. The molecule has 0 unspecified atom stereocenters. The predicted molar refractivity (Wildman–Crippen MR) is 71.8 cm³/mol. The average molecular weight is 273 g/mol. The molecule has 0 aromatic rings. The zero-order chi connectivity index (χ0) is 13.0. The number of hydrogen-bond donors (Lipinski definition) is 1. The van der Waals surface area contributed by atoms with Crippen molar-refractivity contribution in [1.29, 1.82) is 0 Å². The van der Waals surface area contributed by atoms with E-state index in [1.54, 1.807) is 0 Å². The van der Waals surface area contributed by atoms with Gasteiger partial charge in [-0.15, -0.1) is 0 Å². The summed E-state index contributed by atoms with van der Waals surface area (Å²) < 4.78 is 0.342. The largest absolute Gasteiger partial charge is 0.480 e. The average Bonchev–Trinajstić information content (AvgIpc) is 2.53. The molecule has 1 saturated heterocycles. The van der Waals surface area contributed by atoms with Crippen molar-refractivity contribution in [3.63, 3.8) is 0 Å². The monoisotopic (exact) mass is 273 g/mol. The number of hydrogen-bond acceptors (Lipinski definition) is 4. The van der Waals surface area contributed by atoms with Gasteiger partial charge in [-0.1, -0.05) is 49.8 Å². The minimum Gasteiger partial charge on any atom is -0.480 e. The van der Waals surface area contributed by atoms with Crippen LogP contribution in [-0.4, -0.2) is 32.7 Å². The van der Waals surface area contributed by atoms with E-state index in [2.05, 4.69) is 0 Å². The highest BCUT2D eigenvalue weighted by molar-refractivity contribution is 8.26. The number of amides is 1. The van der Waals surface area contributed by atoms with Crippen LogP contribution >= 0.6 is 24.0 Å². The lowest BCUT2D eigenvalue weighted by atomic mass is 10.1. The number of allylic oxidation sites excluding steroid dienone is 1. The number of carboxylic acids is 1. The van der Waals surface area contributed by atoms with Crippen molar-refractivity contribution < 1.29 is 14.7 Å². The van der Waals surface area contributed by atoms with Crippen LogP contribution < -0.4 is 0 Å². The number of carboxylic acid groups (broad SMARTS) is 1. The van der Waals surface area contributed by atoms with Crippen LogP contribution in [0.25, 0.3) is 0 Å². The van der Waals surface area contributed by atoms with E-state index in [0.29, 0.717) is 9.23 Å². The molecule has 0 spiro atoms. The van der Waals surface area contributed by atoms with Crippen LogP contribution in [0.3, 0.4) is 0 Å². The molecule has 0 saturated carbocycles. The van der Waals surface area contributed by atoms with Crippen LogP contribution in [0.1, 0.15) is 33.1 Å². The molecule has 0 aromatic heterocycles. The Morgan fingerprint density at radius 3 is 2.59 bits per heavy atom. The Hall–Kier alpha value is -0.880. The van der Waals surface area contributed by atoms with E-state index < -0.39 is 5.97 Å². The summed E-state index contributed by atoms with van der Waals surface area (Å²) in [6.07, 6.45) is 2.62. The van der Waals surface area contributed by atoms with Gasteiger partial charge in [-0.3, -0.25) is 14.5 Å². The fourth-order valence-electron chi connectivity index (χ4n) is 1.64. The number of thiocarbonyl (C=S) groups is 1. The van der Waals surface area contributed by atoms with Gasteiger partial charge in [-0.25, -0.2) is 0 Å². The Bertz CT molecular complexity index is 390. The number of nitrogens with zero attached hydrogens (tertiary/aromatic N) is 1. The molecule has 6 heteroatoms. The molecule has 0 aliphatic carbocycles. The highest BCUT2D eigenvalue weighted by atomic mass is 32.2. The first-order chi connectivity index (χ1) is 8.01. The molecule has 1 aliphatic rings. The van der Waals surface area contributed by atoms with Gasteiger partial charge < -0.3 is 5.11 Å². The van der Waals surface area contributed by atoms with Crippen LogP contribution in [-0.2, 0) is 9.59 Å². The molecule has 1 fully saturated rings. The Labute approximate surface area is 110 Å². The van der Waals surface area contributed by atoms with E-state index in [9.17, 15) is 9.59 Å². The predicted octanol–water partition coefficient (Wildman–Crippen LogP) is 2.40. The molecule has 1 heterocycles. The van der Waals surface area contributed by atoms with Crippen LogP contribution in [0.5, 0.6) is 0 Å². The Morgan fingerprint density at radius 2 is 2.12 bits per heavy atom. The van der Waals surface area contributed by atoms with Crippen molar-refractivity contribution in [3.8, 4) is 0 Å². The first-order valence-electron chi connectivity index (χ1n) is 5.48. The van der Waals surface area contributed by atoms with Gasteiger partial charge in [0.25, 0.3) is 5.91 Å². The van der Waals surface area contributed by atoms with E-state index in [1.165, 1.54) is 11.8 Å². The standard InChI is InChI=1S/C11H15NO3S2/c1-3-5-7(4-2)9-10(15)12(6-8(13)14)11(16)17-9/h3-6H2,1-2H3,(H,13,14)/b9-7-. The molecule has 1 N–H and O–H groups in total. The van der Waals surface area contributed by atoms with Gasteiger partial charge in [0.1, 0.15) is 10.9 Å². The number of thioether (sulfide) groups is 1. The van der Waals surface area contributed by atoms with Crippen LogP contribution in [0.15, 0.2) is 10.5 Å². The zero-order valence-electron chi connectivity index (χ0n) is 9.86. The molecule has 17 heavy (non-hydrogen) atoms. The second kappa shape index (κ2) is 6.16. The van der Waals surface area contributed by atoms with Crippen molar-refractivity contribution in [2.24, 2.45) is 0 Å². The maximum atomic E-state index is 12.0. The Kier molecular flexibility index (Phi) is 5.14. The Morgan fingerprint density at radius 1 is 1.47 bits per heavy atom. The van der Waals surface area contributed by atoms with E-state index in [0.717, 1.165) is 29.7 Å². The lowest BCUT2D eigenvalue weighted by molar-refractivity contribution is -0.140. The number of aliphatic carboxylic acids is 1. The first-order valence-corrected chi connectivity index (χ1v) is 6.71. The van der Waals surface area contributed by atoms with E-state index >= 15 is 0 Å². The molecule has 4 nitrogen and oxygen atoms in total. The summed E-state index contributed by atoms with van der Waals surface area (Å²) in [6, 6.07) is 0. The van der Waals surface area contributed by atoms with Crippen molar-refractivity contribution in [3.05, 3.63) is 10.5 Å². The van der Waals surface area contributed by atoms with Crippen LogP contribution in [0.4, 0.5) is 0 Å². The number of rotatable bonds is 5. The summed E-state index contributed by atoms with van der Waals surface area (Å²) in [4.78, 5) is 24.4. The first kappa shape index (κ1) is 14.2. The summed E-state index contributed by atoms with van der Waals surface area (Å²) in [5, 5.41) is 8.72. The summed E-state index contributed by atoms with van der Waals surface area (Å²) in [5.74, 6) is -1.30. The lowest BCUT2D eigenvalue weighted by Crippen LogP contribution is -2.33. The molecule has 0 aromatic carbocycles. The number of carbonyl (C=O) groups excluding carboxylic acids is 1. The molecular weight excluding hydrogens is 258 g/mol. The van der Waals surface area contributed by atoms with Gasteiger partial charge in [-0.05, 0) is 12.8 Å². The molecule has 0 bridgehead atoms. The highest BCUT2D eigenvalue weighted by Gasteiger charge is 2.34. The van der Waals surface area contributed by atoms with Crippen molar-refractivity contribution in [1.82, 2.24) is 4.90 Å². The fourth-order valence-corrected chi connectivity index (χ4v) is 3.06. The summed E-state index contributed by atoms with van der Waals surface area (Å²) in [7, 11) is 0. The van der Waals surface area contributed by atoms with Gasteiger partial charge in [0.05, 0.1) is 4.91 Å². The van der Waals surface area contributed by atoms with Crippen LogP contribution in [0.2, 0.25) is 0 Å². The minimum atomic E-state index is -1.05. The molecule has 1 rings (SSSR count). The third kappa shape index (κ3) is 3.29. The molecule has 1 aliphatic heterocycles. The fraction of sp³-hybridized carbons (Fsp3) is 0.545. The molecule has 0 radical (unpaired) electrons. The normalized spacial score (nSPS) is 18.8. The van der Waals surface area contributed by atoms with Crippen LogP contribution in [0, 0.1) is 0 Å². The number of carbonyl (C=O) groups is 2. The zero-order valence-corrected chi connectivity index (χ0v) is 11.5. The molecule has 94 valence electrons. The van der Waals surface area contributed by atoms with Crippen molar-refractivity contribution in [2.75, 3.05) is 6.54 Å². The third-order valence-electron chi connectivity index (χ3n) is 2.44. The van der Waals surface area contributed by atoms with E-state index in [1.807, 2.05) is 13.8 Å². The molecular formula is C11H15NO3S2. The summed E-state index contributed by atoms with van der Waals surface area (Å²) in [6.45, 7) is 3.69. The second-order valence-electron chi connectivity index (χ2n) is 3.69.